The zero-order valence-electron chi connectivity index (χ0n) is 28.5. The minimum atomic E-state index is -0.966. The third-order valence-corrected chi connectivity index (χ3v) is 15.1. The second-order valence-electron chi connectivity index (χ2n) is 17.3. The van der Waals surface area contributed by atoms with Gasteiger partial charge in [0.2, 0.25) is 5.91 Å². The van der Waals surface area contributed by atoms with Crippen molar-refractivity contribution in [3.8, 4) is 0 Å². The van der Waals surface area contributed by atoms with Gasteiger partial charge in [0.15, 0.2) is 0 Å². The van der Waals surface area contributed by atoms with Crippen molar-refractivity contribution >= 4 is 17.8 Å². The lowest BCUT2D eigenvalue weighted by atomic mass is 9.32. The quantitative estimate of drug-likeness (QED) is 0.276. The van der Waals surface area contributed by atoms with Crippen LogP contribution in [-0.4, -0.2) is 35.6 Å². The van der Waals surface area contributed by atoms with Gasteiger partial charge in [0.1, 0.15) is 12.6 Å². The number of aliphatic carboxylic acids is 1. The molecule has 0 heterocycles. The van der Waals surface area contributed by atoms with E-state index in [1.165, 1.54) is 19.3 Å². The minimum absolute atomic E-state index is 0.00148. The molecular formula is C37H61NO5. The van der Waals surface area contributed by atoms with Gasteiger partial charge in [-0.05, 0) is 122 Å². The number of ether oxygens (including phenoxy) is 1. The van der Waals surface area contributed by atoms with E-state index >= 15 is 0 Å². The molecule has 244 valence electrons. The van der Waals surface area contributed by atoms with E-state index in [9.17, 15) is 19.5 Å². The molecule has 2 N–H and O–H groups in total. The number of esters is 1. The Bertz CT molecular complexity index is 1100. The summed E-state index contributed by atoms with van der Waals surface area (Å²) in [6.07, 6.45) is 13.1. The van der Waals surface area contributed by atoms with Crippen LogP contribution < -0.4 is 5.32 Å². The maximum absolute atomic E-state index is 13.9. The molecule has 0 radical (unpaired) electrons. The van der Waals surface area contributed by atoms with Crippen LogP contribution in [0.2, 0.25) is 0 Å². The summed E-state index contributed by atoms with van der Waals surface area (Å²) in [4.78, 5) is 38.0. The Balaban J connectivity index is 1.44. The Kier molecular flexibility index (Phi) is 8.64. The van der Waals surface area contributed by atoms with Gasteiger partial charge in [-0.1, -0.05) is 61.8 Å². The molecule has 5 aliphatic carbocycles. The number of amides is 1. The first-order chi connectivity index (χ1) is 20.1. The molecule has 0 aromatic rings. The first-order valence-corrected chi connectivity index (χ1v) is 17.8. The Morgan fingerprint density at radius 2 is 1.58 bits per heavy atom. The summed E-state index contributed by atoms with van der Waals surface area (Å²) in [7, 11) is 0. The highest BCUT2D eigenvalue weighted by atomic mass is 16.5. The van der Waals surface area contributed by atoms with Gasteiger partial charge in [-0.3, -0.25) is 14.4 Å². The van der Waals surface area contributed by atoms with Crippen molar-refractivity contribution in [2.75, 3.05) is 6.54 Å². The zero-order valence-corrected chi connectivity index (χ0v) is 28.5. The highest BCUT2D eigenvalue weighted by Crippen LogP contribution is 2.77. The SMILES string of the molecule is CCCCC(=O)O[C@@H]1CCC2(C)C(CCC3(C)C2CCC2C4[C@H](C(C)C)CC[C@]4(C(=O)NCC(=O)O)CC[C@]23C)C1(C)C. The van der Waals surface area contributed by atoms with Crippen molar-refractivity contribution in [3.63, 3.8) is 0 Å². The largest absolute Gasteiger partial charge is 0.480 e. The maximum atomic E-state index is 13.9. The highest BCUT2D eigenvalue weighted by Gasteiger charge is 2.72. The number of unbranched alkanes of at least 4 members (excludes halogenated alkanes) is 1. The molecule has 5 aliphatic rings. The lowest BCUT2D eigenvalue weighted by molar-refractivity contribution is -0.250. The van der Waals surface area contributed by atoms with E-state index in [1.807, 2.05) is 0 Å². The Labute approximate surface area is 261 Å². The summed E-state index contributed by atoms with van der Waals surface area (Å²) in [5.74, 6) is 1.97. The summed E-state index contributed by atoms with van der Waals surface area (Å²) in [6, 6.07) is 0. The van der Waals surface area contributed by atoms with E-state index in [1.54, 1.807) is 0 Å². The molecule has 6 unspecified atom stereocenters. The molecule has 5 rings (SSSR count). The summed E-state index contributed by atoms with van der Waals surface area (Å²) in [5.41, 5.74) is 0.0654. The average molecular weight is 600 g/mol. The predicted octanol–water partition coefficient (Wildman–Crippen LogP) is 8.03. The standard InChI is InChI=1S/C37H61NO5/c1-9-10-11-30(41)43-28-16-17-34(6)26(33(28,4)5)15-18-36(8)27(34)13-12-25-31-24(23(2)3)14-19-37(31,21-20-35(25,36)7)32(42)38-22-29(39)40/h23-28,31H,9-22H2,1-8H3,(H,38,42)(H,39,40)/t24-,25?,26?,27?,28+,31?,34?,35+,36?,37-/m0/s1. The van der Waals surface area contributed by atoms with Gasteiger partial charge in [0.25, 0.3) is 0 Å². The van der Waals surface area contributed by atoms with Gasteiger partial charge in [0.05, 0.1) is 5.41 Å². The fourth-order valence-electron chi connectivity index (χ4n) is 12.8. The van der Waals surface area contributed by atoms with Crippen molar-refractivity contribution in [1.82, 2.24) is 5.32 Å². The first kappa shape index (κ1) is 32.8. The summed E-state index contributed by atoms with van der Waals surface area (Å²) in [6.45, 7) is 19.0. The number of rotatable bonds is 8. The number of carboxylic acids is 1. The molecular weight excluding hydrogens is 538 g/mol. The van der Waals surface area contributed by atoms with Gasteiger partial charge in [-0.2, -0.15) is 0 Å². The topological polar surface area (TPSA) is 92.7 Å². The smallest absolute Gasteiger partial charge is 0.322 e. The Morgan fingerprint density at radius 3 is 2.23 bits per heavy atom. The van der Waals surface area contributed by atoms with E-state index in [0.29, 0.717) is 41.9 Å². The van der Waals surface area contributed by atoms with Crippen LogP contribution in [0.4, 0.5) is 0 Å². The number of hydrogen-bond acceptors (Lipinski definition) is 4. The predicted molar refractivity (Wildman–Crippen MR) is 169 cm³/mol. The second-order valence-corrected chi connectivity index (χ2v) is 17.3. The van der Waals surface area contributed by atoms with Crippen molar-refractivity contribution in [2.24, 2.45) is 62.6 Å². The number of fused-ring (bicyclic) bond motifs is 7. The molecule has 6 nitrogen and oxygen atoms in total. The van der Waals surface area contributed by atoms with Gasteiger partial charge in [-0.25, -0.2) is 0 Å². The van der Waals surface area contributed by atoms with Crippen LogP contribution in [0.1, 0.15) is 139 Å². The molecule has 43 heavy (non-hydrogen) atoms. The van der Waals surface area contributed by atoms with Gasteiger partial charge in [0, 0.05) is 11.8 Å². The number of hydrogen-bond donors (Lipinski definition) is 2. The van der Waals surface area contributed by atoms with E-state index in [-0.39, 0.29) is 46.2 Å². The fourth-order valence-corrected chi connectivity index (χ4v) is 12.8. The van der Waals surface area contributed by atoms with Crippen molar-refractivity contribution in [1.29, 1.82) is 0 Å². The summed E-state index contributed by atoms with van der Waals surface area (Å²) in [5, 5.41) is 12.2. The monoisotopic (exact) mass is 599 g/mol. The molecule has 5 fully saturated rings. The lowest BCUT2D eigenvalue weighted by Gasteiger charge is -2.73. The molecule has 10 atom stereocenters. The van der Waals surface area contributed by atoms with E-state index in [0.717, 1.165) is 57.8 Å². The molecule has 0 aliphatic heterocycles. The van der Waals surface area contributed by atoms with Crippen molar-refractivity contribution in [3.05, 3.63) is 0 Å². The lowest BCUT2D eigenvalue weighted by Crippen LogP contribution is -2.67. The fraction of sp³-hybridized carbons (Fsp3) is 0.919. The Hall–Kier alpha value is -1.59. The second kappa shape index (κ2) is 11.3. The van der Waals surface area contributed by atoms with Crippen molar-refractivity contribution in [2.45, 2.75) is 145 Å². The molecule has 0 spiro atoms. The molecule has 0 aromatic heterocycles. The van der Waals surface area contributed by atoms with Crippen LogP contribution in [0.15, 0.2) is 0 Å². The van der Waals surface area contributed by atoms with Crippen LogP contribution in [0.5, 0.6) is 0 Å². The minimum Gasteiger partial charge on any atom is -0.480 e. The summed E-state index contributed by atoms with van der Waals surface area (Å²) < 4.78 is 6.21. The molecule has 1 amide bonds. The van der Waals surface area contributed by atoms with Crippen LogP contribution >= 0.6 is 0 Å². The van der Waals surface area contributed by atoms with Crippen LogP contribution in [0.3, 0.4) is 0 Å². The normalized spacial score (nSPS) is 44.9. The third kappa shape index (κ3) is 4.89. The molecule has 0 bridgehead atoms. The van der Waals surface area contributed by atoms with Gasteiger partial charge >= 0.3 is 11.9 Å². The van der Waals surface area contributed by atoms with Gasteiger partial charge < -0.3 is 15.2 Å². The van der Waals surface area contributed by atoms with E-state index < -0.39 is 11.4 Å². The zero-order chi connectivity index (χ0) is 31.6. The van der Waals surface area contributed by atoms with Crippen LogP contribution in [0.25, 0.3) is 0 Å². The van der Waals surface area contributed by atoms with E-state index in [4.69, 9.17) is 4.74 Å². The van der Waals surface area contributed by atoms with Gasteiger partial charge in [-0.15, -0.1) is 0 Å². The highest BCUT2D eigenvalue weighted by molar-refractivity contribution is 5.86. The molecule has 0 saturated heterocycles. The molecule has 0 aromatic carbocycles. The average Bonchev–Trinajstić information content (AvgIpc) is 3.34. The number of carbonyl (C=O) groups excluding carboxylic acids is 2. The van der Waals surface area contributed by atoms with Crippen LogP contribution in [0, 0.1) is 62.6 Å². The number of carbonyl (C=O) groups is 3. The number of nitrogens with one attached hydrogen (secondary N) is 1. The van der Waals surface area contributed by atoms with Crippen LogP contribution in [-0.2, 0) is 19.1 Å². The molecule has 5 saturated carbocycles. The third-order valence-electron chi connectivity index (χ3n) is 15.1. The first-order valence-electron chi connectivity index (χ1n) is 17.8. The Morgan fingerprint density at radius 1 is 0.860 bits per heavy atom. The number of carboxylic acid groups (broad SMARTS) is 1. The van der Waals surface area contributed by atoms with E-state index in [2.05, 4.69) is 60.7 Å². The summed E-state index contributed by atoms with van der Waals surface area (Å²) >= 11 is 0. The maximum Gasteiger partial charge on any atom is 0.322 e. The molecule has 6 heteroatoms. The van der Waals surface area contributed by atoms with Crippen molar-refractivity contribution < 1.29 is 24.2 Å².